The molecule has 0 saturated carbocycles. The quantitative estimate of drug-likeness (QED) is 0.656. The molecule has 1 saturated heterocycles. The molecule has 1 heterocycles. The molecule has 70 valence electrons. The summed E-state index contributed by atoms with van der Waals surface area (Å²) in [4.78, 5) is 10.9. The number of primary amides is 1. The molecule has 2 unspecified atom stereocenters. The SMILES string of the molecule is CCCC1OCCOC1C(N)=O. The highest BCUT2D eigenvalue weighted by atomic mass is 16.6. The average Bonchev–Trinajstić information content (AvgIpc) is 2.05. The molecule has 4 nitrogen and oxygen atoms in total. The van der Waals surface area contributed by atoms with Gasteiger partial charge in [-0.1, -0.05) is 13.3 Å². The van der Waals surface area contributed by atoms with Gasteiger partial charge in [0.25, 0.3) is 0 Å². The van der Waals surface area contributed by atoms with Gasteiger partial charge in [-0.15, -0.1) is 0 Å². The Morgan fingerprint density at radius 3 is 2.75 bits per heavy atom. The topological polar surface area (TPSA) is 61.6 Å². The van der Waals surface area contributed by atoms with Crippen LogP contribution in [-0.4, -0.2) is 31.3 Å². The molecule has 0 aliphatic carbocycles. The lowest BCUT2D eigenvalue weighted by atomic mass is 10.1. The van der Waals surface area contributed by atoms with Gasteiger partial charge in [0.1, 0.15) is 0 Å². The fraction of sp³-hybridized carbons (Fsp3) is 0.875. The van der Waals surface area contributed by atoms with Gasteiger partial charge >= 0.3 is 0 Å². The summed E-state index contributed by atoms with van der Waals surface area (Å²) >= 11 is 0. The normalized spacial score (nSPS) is 30.1. The van der Waals surface area contributed by atoms with Crippen LogP contribution >= 0.6 is 0 Å². The van der Waals surface area contributed by atoms with Gasteiger partial charge in [0, 0.05) is 0 Å². The van der Waals surface area contributed by atoms with Crippen molar-refractivity contribution in [2.75, 3.05) is 13.2 Å². The van der Waals surface area contributed by atoms with Crippen LogP contribution in [0.3, 0.4) is 0 Å². The number of hydrogen-bond acceptors (Lipinski definition) is 3. The molecule has 2 atom stereocenters. The lowest BCUT2D eigenvalue weighted by Crippen LogP contribution is -2.46. The number of carbonyl (C=O) groups is 1. The van der Waals surface area contributed by atoms with E-state index in [4.69, 9.17) is 15.2 Å². The number of hydrogen-bond donors (Lipinski definition) is 1. The maximum atomic E-state index is 10.9. The zero-order chi connectivity index (χ0) is 8.97. The minimum atomic E-state index is -0.543. The molecule has 2 N–H and O–H groups in total. The summed E-state index contributed by atoms with van der Waals surface area (Å²) in [5, 5.41) is 0. The number of nitrogens with two attached hydrogens (primary N) is 1. The molecule has 1 aliphatic rings. The van der Waals surface area contributed by atoms with E-state index >= 15 is 0 Å². The molecule has 1 rings (SSSR count). The van der Waals surface area contributed by atoms with Gasteiger partial charge in [0.2, 0.25) is 5.91 Å². The van der Waals surface area contributed by atoms with Gasteiger partial charge < -0.3 is 15.2 Å². The molecule has 0 aromatic heterocycles. The lowest BCUT2D eigenvalue weighted by molar-refractivity contribution is -0.163. The Labute approximate surface area is 72.0 Å². The van der Waals surface area contributed by atoms with Crippen LogP contribution in [0.4, 0.5) is 0 Å². The highest BCUT2D eigenvalue weighted by molar-refractivity contribution is 5.79. The molecule has 0 aromatic carbocycles. The maximum absolute atomic E-state index is 10.9. The molecule has 12 heavy (non-hydrogen) atoms. The van der Waals surface area contributed by atoms with Gasteiger partial charge in [-0.2, -0.15) is 0 Å². The van der Waals surface area contributed by atoms with Gasteiger partial charge in [-0.05, 0) is 6.42 Å². The highest BCUT2D eigenvalue weighted by Crippen LogP contribution is 2.14. The van der Waals surface area contributed by atoms with Crippen molar-refractivity contribution in [1.82, 2.24) is 0 Å². The van der Waals surface area contributed by atoms with Crippen molar-refractivity contribution in [3.05, 3.63) is 0 Å². The zero-order valence-electron chi connectivity index (χ0n) is 7.29. The lowest BCUT2D eigenvalue weighted by Gasteiger charge is -2.29. The van der Waals surface area contributed by atoms with E-state index in [0.29, 0.717) is 13.2 Å². The molecular weight excluding hydrogens is 158 g/mol. The van der Waals surface area contributed by atoms with E-state index in [-0.39, 0.29) is 6.10 Å². The van der Waals surface area contributed by atoms with Crippen LogP contribution in [0.2, 0.25) is 0 Å². The summed E-state index contributed by atoms with van der Waals surface area (Å²) in [6.07, 6.45) is 1.12. The Morgan fingerprint density at radius 1 is 1.50 bits per heavy atom. The van der Waals surface area contributed by atoms with Gasteiger partial charge in [0.05, 0.1) is 19.3 Å². The fourth-order valence-electron chi connectivity index (χ4n) is 1.35. The minimum Gasteiger partial charge on any atom is -0.373 e. The predicted octanol–water partition coefficient (Wildman–Crippen LogP) is 0.0558. The van der Waals surface area contributed by atoms with Crippen LogP contribution in [0.5, 0.6) is 0 Å². The van der Waals surface area contributed by atoms with E-state index in [1.807, 2.05) is 6.92 Å². The molecule has 4 heteroatoms. The van der Waals surface area contributed by atoms with Crippen molar-refractivity contribution in [2.24, 2.45) is 5.73 Å². The Morgan fingerprint density at radius 2 is 2.17 bits per heavy atom. The van der Waals surface area contributed by atoms with Crippen molar-refractivity contribution < 1.29 is 14.3 Å². The average molecular weight is 173 g/mol. The molecule has 0 aromatic rings. The summed E-state index contributed by atoms with van der Waals surface area (Å²) in [5.74, 6) is -0.423. The third kappa shape index (κ3) is 2.19. The summed E-state index contributed by atoms with van der Waals surface area (Å²) < 4.78 is 10.6. The number of carbonyl (C=O) groups excluding carboxylic acids is 1. The Hall–Kier alpha value is -0.610. The van der Waals surface area contributed by atoms with E-state index in [9.17, 15) is 4.79 Å². The van der Waals surface area contributed by atoms with Crippen molar-refractivity contribution in [1.29, 1.82) is 0 Å². The third-order valence-corrected chi connectivity index (χ3v) is 1.90. The van der Waals surface area contributed by atoms with Crippen LogP contribution in [0.15, 0.2) is 0 Å². The van der Waals surface area contributed by atoms with Crippen molar-refractivity contribution in [3.63, 3.8) is 0 Å². The summed E-state index contributed by atoms with van der Waals surface area (Å²) in [6.45, 7) is 3.07. The second-order valence-electron chi connectivity index (χ2n) is 2.89. The van der Waals surface area contributed by atoms with E-state index in [2.05, 4.69) is 0 Å². The van der Waals surface area contributed by atoms with Crippen LogP contribution in [0.1, 0.15) is 19.8 Å². The van der Waals surface area contributed by atoms with Crippen molar-refractivity contribution in [2.45, 2.75) is 32.0 Å². The monoisotopic (exact) mass is 173 g/mol. The Balaban J connectivity index is 2.48. The number of amides is 1. The first-order valence-corrected chi connectivity index (χ1v) is 4.28. The summed E-state index contributed by atoms with van der Waals surface area (Å²) in [7, 11) is 0. The first kappa shape index (κ1) is 9.48. The smallest absolute Gasteiger partial charge is 0.249 e. The fourth-order valence-corrected chi connectivity index (χ4v) is 1.35. The zero-order valence-corrected chi connectivity index (χ0v) is 7.29. The number of ether oxygens (including phenoxy) is 2. The molecule has 0 radical (unpaired) electrons. The third-order valence-electron chi connectivity index (χ3n) is 1.90. The van der Waals surface area contributed by atoms with Gasteiger partial charge in [-0.25, -0.2) is 0 Å². The van der Waals surface area contributed by atoms with E-state index in [1.54, 1.807) is 0 Å². The molecule has 1 amide bonds. The van der Waals surface area contributed by atoms with Gasteiger partial charge in [0.15, 0.2) is 6.10 Å². The first-order valence-electron chi connectivity index (χ1n) is 4.28. The van der Waals surface area contributed by atoms with Crippen LogP contribution < -0.4 is 5.73 Å². The predicted molar refractivity (Wildman–Crippen MR) is 43.6 cm³/mol. The summed E-state index contributed by atoms with van der Waals surface area (Å²) in [6, 6.07) is 0. The largest absolute Gasteiger partial charge is 0.373 e. The Bertz CT molecular complexity index is 158. The molecule has 1 fully saturated rings. The second kappa shape index (κ2) is 4.42. The Kier molecular flexibility index (Phi) is 3.49. The van der Waals surface area contributed by atoms with Crippen molar-refractivity contribution >= 4 is 5.91 Å². The van der Waals surface area contributed by atoms with Crippen molar-refractivity contribution in [3.8, 4) is 0 Å². The van der Waals surface area contributed by atoms with E-state index in [1.165, 1.54) is 0 Å². The molecule has 1 aliphatic heterocycles. The first-order chi connectivity index (χ1) is 5.75. The minimum absolute atomic E-state index is 0.138. The molecule has 0 spiro atoms. The standard InChI is InChI=1S/C8H15NO3/c1-2-3-6-7(8(9)10)12-5-4-11-6/h6-7H,2-5H2,1H3,(H2,9,10). The summed E-state index contributed by atoms with van der Waals surface area (Å²) in [5.41, 5.74) is 5.14. The van der Waals surface area contributed by atoms with E-state index < -0.39 is 12.0 Å². The van der Waals surface area contributed by atoms with Gasteiger partial charge in [-0.3, -0.25) is 4.79 Å². The second-order valence-corrected chi connectivity index (χ2v) is 2.89. The van der Waals surface area contributed by atoms with E-state index in [0.717, 1.165) is 12.8 Å². The highest BCUT2D eigenvalue weighted by Gasteiger charge is 2.30. The van der Waals surface area contributed by atoms with Crippen LogP contribution in [0.25, 0.3) is 0 Å². The van der Waals surface area contributed by atoms with Crippen LogP contribution in [-0.2, 0) is 14.3 Å². The molecular formula is C8H15NO3. The number of rotatable bonds is 3. The maximum Gasteiger partial charge on any atom is 0.249 e. The molecule has 0 bridgehead atoms. The van der Waals surface area contributed by atoms with Crippen LogP contribution in [0, 0.1) is 0 Å².